The lowest BCUT2D eigenvalue weighted by Gasteiger charge is -2.57. The van der Waals surface area contributed by atoms with Gasteiger partial charge in [-0.3, -0.25) is 0 Å². The highest BCUT2D eigenvalue weighted by atomic mass is 16.5. The molecule has 0 amide bonds. The molecule has 0 aromatic heterocycles. The lowest BCUT2D eigenvalue weighted by atomic mass is 9.77. The third-order valence-corrected chi connectivity index (χ3v) is 5.80. The molecule has 0 aliphatic carbocycles. The number of piperidine rings is 1. The fraction of sp³-hybridized carbons (Fsp3) is 1.00. The summed E-state index contributed by atoms with van der Waals surface area (Å²) in [7, 11) is 4.75. The number of hydrogen-bond acceptors (Lipinski definition) is 1. The Bertz CT molecular complexity index is 318. The van der Waals surface area contributed by atoms with Crippen LogP contribution in [0.3, 0.4) is 0 Å². The van der Waals surface area contributed by atoms with Crippen molar-refractivity contribution in [2.75, 3.05) is 20.6 Å². The first-order chi connectivity index (χ1) is 10.0. The van der Waals surface area contributed by atoms with Gasteiger partial charge in [0.05, 0.1) is 44.6 Å². The number of hydrogen-bond donors (Lipinski definition) is 1. The Morgan fingerprint density at radius 2 is 1.36 bits per heavy atom. The Morgan fingerprint density at radius 3 is 1.86 bits per heavy atom. The molecule has 1 rings (SSSR count). The standard InChI is InChI=1S/C19H41N2O/c1-8-9-10-11-12-13-14-21(6,7)17-15-18(2,3)20(22)19(4,5)16-17/h17,20H,8-16H2,1-7H3/q+1. The van der Waals surface area contributed by atoms with E-state index >= 15 is 0 Å². The van der Waals surface area contributed by atoms with Crippen LogP contribution >= 0.6 is 0 Å². The fourth-order valence-corrected chi connectivity index (χ4v) is 4.33. The number of unbranched alkanes of at least 4 members (excludes halogenated alkanes) is 5. The topological polar surface area (TPSA) is 27.5 Å². The van der Waals surface area contributed by atoms with Gasteiger partial charge in [0, 0.05) is 0 Å². The minimum Gasteiger partial charge on any atom is -0.634 e. The molecule has 1 aliphatic heterocycles. The highest BCUT2D eigenvalue weighted by Crippen LogP contribution is 2.30. The summed E-state index contributed by atoms with van der Waals surface area (Å²) in [6.07, 6.45) is 10.2. The molecule has 3 nitrogen and oxygen atoms in total. The summed E-state index contributed by atoms with van der Waals surface area (Å²) in [5.41, 5.74) is -0.327. The molecule has 0 saturated carbocycles. The van der Waals surface area contributed by atoms with Crippen LogP contribution in [0.5, 0.6) is 0 Å². The molecule has 22 heavy (non-hydrogen) atoms. The average Bonchev–Trinajstić information content (AvgIpc) is 2.39. The van der Waals surface area contributed by atoms with Crippen molar-refractivity contribution in [2.45, 2.75) is 103 Å². The highest BCUT2D eigenvalue weighted by Gasteiger charge is 2.50. The van der Waals surface area contributed by atoms with Gasteiger partial charge < -0.3 is 14.8 Å². The summed E-state index contributed by atoms with van der Waals surface area (Å²) < 4.78 is 1.08. The molecule has 132 valence electrons. The SMILES string of the molecule is CCCCCCCC[N+](C)(C)C1CC(C)(C)[NH+]([O-])C(C)(C)C1. The molecule has 1 fully saturated rings. The van der Waals surface area contributed by atoms with Crippen LogP contribution in [0.15, 0.2) is 0 Å². The van der Waals surface area contributed by atoms with Gasteiger partial charge in [0.1, 0.15) is 6.04 Å². The summed E-state index contributed by atoms with van der Waals surface area (Å²) in [4.78, 5) is 0. The maximum absolute atomic E-state index is 12.6. The smallest absolute Gasteiger partial charge is 0.101 e. The van der Waals surface area contributed by atoms with Crippen molar-refractivity contribution in [3.63, 3.8) is 0 Å². The van der Waals surface area contributed by atoms with Gasteiger partial charge in [0.15, 0.2) is 0 Å². The quantitative estimate of drug-likeness (QED) is 0.414. The zero-order chi connectivity index (χ0) is 17.0. The summed E-state index contributed by atoms with van der Waals surface area (Å²) in [5.74, 6) is 0. The van der Waals surface area contributed by atoms with Crippen molar-refractivity contribution in [2.24, 2.45) is 0 Å². The molecule has 1 aliphatic rings. The molecule has 0 unspecified atom stereocenters. The van der Waals surface area contributed by atoms with Crippen molar-refractivity contribution in [1.82, 2.24) is 0 Å². The first-order valence-corrected chi connectivity index (χ1v) is 9.40. The van der Waals surface area contributed by atoms with Gasteiger partial charge in [-0.1, -0.05) is 32.6 Å². The molecule has 0 aromatic carbocycles. The van der Waals surface area contributed by atoms with Crippen LogP contribution in [0, 0.1) is 5.21 Å². The van der Waals surface area contributed by atoms with E-state index in [0.29, 0.717) is 11.1 Å². The van der Waals surface area contributed by atoms with Gasteiger partial charge in [-0.15, -0.1) is 0 Å². The van der Waals surface area contributed by atoms with Crippen LogP contribution in [-0.2, 0) is 0 Å². The van der Waals surface area contributed by atoms with Crippen LogP contribution in [0.25, 0.3) is 0 Å². The summed E-state index contributed by atoms with van der Waals surface area (Å²) >= 11 is 0. The van der Waals surface area contributed by atoms with E-state index in [-0.39, 0.29) is 11.1 Å². The highest BCUT2D eigenvalue weighted by molar-refractivity contribution is 4.87. The van der Waals surface area contributed by atoms with E-state index in [4.69, 9.17) is 0 Å². The molecule has 0 spiro atoms. The number of hydroxylamine groups is 2. The van der Waals surface area contributed by atoms with Crippen molar-refractivity contribution in [1.29, 1.82) is 0 Å². The third kappa shape index (κ3) is 5.21. The van der Waals surface area contributed by atoms with Gasteiger partial charge in [0.25, 0.3) is 0 Å². The van der Waals surface area contributed by atoms with Crippen LogP contribution in [0.4, 0.5) is 0 Å². The molecule has 0 radical (unpaired) electrons. The molecular formula is C19H41N2O+. The Labute approximate surface area is 139 Å². The molecule has 0 bridgehead atoms. The monoisotopic (exact) mass is 313 g/mol. The molecule has 0 aromatic rings. The molecule has 3 heteroatoms. The van der Waals surface area contributed by atoms with Crippen molar-refractivity contribution >= 4 is 0 Å². The zero-order valence-electron chi connectivity index (χ0n) is 16.3. The van der Waals surface area contributed by atoms with Crippen LogP contribution in [0.2, 0.25) is 0 Å². The number of nitrogens with one attached hydrogen (secondary N) is 1. The second-order valence-electron chi connectivity index (χ2n) is 9.43. The summed E-state index contributed by atoms with van der Waals surface area (Å²) in [6.45, 7) is 12.1. The van der Waals surface area contributed by atoms with E-state index in [1.165, 1.54) is 45.1 Å². The Morgan fingerprint density at radius 1 is 0.909 bits per heavy atom. The minimum atomic E-state index is -0.164. The summed E-state index contributed by atoms with van der Waals surface area (Å²) in [5, 5.41) is 13.0. The van der Waals surface area contributed by atoms with Gasteiger partial charge in [-0.2, -0.15) is 0 Å². The van der Waals surface area contributed by atoms with Crippen molar-refractivity contribution in [3.05, 3.63) is 5.21 Å². The average molecular weight is 314 g/mol. The van der Waals surface area contributed by atoms with Crippen LogP contribution in [-0.4, -0.2) is 42.2 Å². The molecule has 0 atom stereocenters. The first-order valence-electron chi connectivity index (χ1n) is 9.40. The number of nitrogens with zero attached hydrogens (tertiary/aromatic N) is 1. The zero-order valence-corrected chi connectivity index (χ0v) is 16.3. The van der Waals surface area contributed by atoms with Crippen molar-refractivity contribution in [3.8, 4) is 0 Å². The maximum atomic E-state index is 12.6. The van der Waals surface area contributed by atoms with E-state index in [2.05, 4.69) is 48.7 Å². The molecule has 1 N–H and O–H groups in total. The Balaban J connectivity index is 2.53. The van der Waals surface area contributed by atoms with E-state index in [9.17, 15) is 5.21 Å². The van der Waals surface area contributed by atoms with E-state index in [0.717, 1.165) is 17.3 Å². The van der Waals surface area contributed by atoms with E-state index in [1.54, 1.807) is 0 Å². The fourth-order valence-electron chi connectivity index (χ4n) is 4.33. The van der Waals surface area contributed by atoms with Gasteiger partial charge >= 0.3 is 0 Å². The molecule has 1 saturated heterocycles. The van der Waals surface area contributed by atoms with Crippen LogP contribution < -0.4 is 5.06 Å². The molecule has 1 heterocycles. The second-order valence-corrected chi connectivity index (χ2v) is 9.43. The lowest BCUT2D eigenvalue weighted by molar-refractivity contribution is -0.985. The maximum Gasteiger partial charge on any atom is 0.101 e. The van der Waals surface area contributed by atoms with Gasteiger partial charge in [-0.25, -0.2) is 0 Å². The second kappa shape index (κ2) is 7.63. The first kappa shape index (κ1) is 19.9. The predicted molar refractivity (Wildman–Crippen MR) is 95.9 cm³/mol. The molecular weight excluding hydrogens is 272 g/mol. The van der Waals surface area contributed by atoms with Gasteiger partial charge in [-0.05, 0) is 40.5 Å². The van der Waals surface area contributed by atoms with Crippen molar-refractivity contribution < 1.29 is 9.55 Å². The lowest BCUT2D eigenvalue weighted by Crippen LogP contribution is -3.23. The largest absolute Gasteiger partial charge is 0.634 e. The minimum absolute atomic E-state index is 0.164. The van der Waals surface area contributed by atoms with Crippen LogP contribution in [0.1, 0.15) is 86.0 Å². The summed E-state index contributed by atoms with van der Waals surface area (Å²) in [6, 6.07) is 0.610. The number of quaternary nitrogens is 2. The normalized spacial score (nSPS) is 27.8. The number of rotatable bonds is 8. The van der Waals surface area contributed by atoms with E-state index < -0.39 is 0 Å². The van der Waals surface area contributed by atoms with E-state index in [1.807, 2.05) is 0 Å². The Hall–Kier alpha value is -0.120. The van der Waals surface area contributed by atoms with Gasteiger partial charge in [0.2, 0.25) is 0 Å². The predicted octanol–water partition coefficient (Wildman–Crippen LogP) is 3.53. The Kier molecular flexibility index (Phi) is 6.91. The third-order valence-electron chi connectivity index (χ3n) is 5.80.